The minimum Gasteiger partial charge on any atom is -0.478 e. The molecule has 1 heterocycles. The number of nitrogens with zero attached hydrogens (tertiary/aromatic N) is 2. The van der Waals surface area contributed by atoms with Crippen LogP contribution in [0.15, 0.2) is 42.5 Å². The van der Waals surface area contributed by atoms with Crippen LogP contribution in [0.4, 0.5) is 21.5 Å². The van der Waals surface area contributed by atoms with Crippen LogP contribution in [0.3, 0.4) is 0 Å². The first kappa shape index (κ1) is 18.7. The highest BCUT2D eigenvalue weighted by Gasteiger charge is 2.23. The minimum atomic E-state index is -1.05. The van der Waals surface area contributed by atoms with Crippen LogP contribution in [-0.4, -0.2) is 43.2 Å². The molecule has 1 fully saturated rings. The van der Waals surface area contributed by atoms with Crippen LogP contribution in [-0.2, 0) is 4.79 Å². The molecule has 0 unspecified atom stereocenters. The predicted octanol–water partition coefficient (Wildman–Crippen LogP) is 3.20. The number of carbonyl (C=O) groups is 2. The summed E-state index contributed by atoms with van der Waals surface area (Å²) >= 11 is 0. The van der Waals surface area contributed by atoms with Gasteiger partial charge >= 0.3 is 5.97 Å². The van der Waals surface area contributed by atoms with Crippen molar-refractivity contribution >= 4 is 28.9 Å². The van der Waals surface area contributed by atoms with Gasteiger partial charge in [-0.25, -0.2) is 9.18 Å². The molecule has 3 rings (SSSR count). The second kappa shape index (κ2) is 8.07. The Hall–Kier alpha value is -3.09. The lowest BCUT2D eigenvalue weighted by molar-refractivity contribution is -0.115. The van der Waals surface area contributed by atoms with Crippen molar-refractivity contribution in [3.63, 3.8) is 0 Å². The molecule has 1 amide bonds. The zero-order valence-electron chi connectivity index (χ0n) is 15.1. The number of aromatic carboxylic acids is 1. The Morgan fingerprint density at radius 1 is 1.04 bits per heavy atom. The van der Waals surface area contributed by atoms with Gasteiger partial charge in [0.25, 0.3) is 0 Å². The van der Waals surface area contributed by atoms with Gasteiger partial charge in [-0.05, 0) is 30.3 Å². The van der Waals surface area contributed by atoms with E-state index in [1.165, 1.54) is 12.1 Å². The summed E-state index contributed by atoms with van der Waals surface area (Å²) in [5.74, 6) is -1.47. The number of benzene rings is 2. The van der Waals surface area contributed by atoms with Gasteiger partial charge in [-0.15, -0.1) is 0 Å². The largest absolute Gasteiger partial charge is 0.478 e. The highest BCUT2D eigenvalue weighted by atomic mass is 19.1. The number of carboxylic acids is 1. The Kier molecular flexibility index (Phi) is 5.59. The van der Waals surface area contributed by atoms with Crippen LogP contribution in [0.5, 0.6) is 0 Å². The van der Waals surface area contributed by atoms with Gasteiger partial charge in [0.15, 0.2) is 0 Å². The second-order valence-electron chi connectivity index (χ2n) is 6.36. The molecule has 2 aromatic rings. The number of carboxylic acid groups (broad SMARTS) is 1. The summed E-state index contributed by atoms with van der Waals surface area (Å²) in [6.07, 6.45) is 0.322. The highest BCUT2D eigenvalue weighted by molar-refractivity contribution is 5.98. The molecule has 1 saturated heterocycles. The first-order valence-corrected chi connectivity index (χ1v) is 8.91. The molecule has 0 aromatic heterocycles. The smallest absolute Gasteiger partial charge is 0.337 e. The number of halogens is 1. The van der Waals surface area contributed by atoms with Crippen LogP contribution in [0.2, 0.25) is 0 Å². The molecule has 0 bridgehead atoms. The van der Waals surface area contributed by atoms with Crippen molar-refractivity contribution in [3.8, 4) is 0 Å². The van der Waals surface area contributed by atoms with Gasteiger partial charge in [-0.3, -0.25) is 4.79 Å². The SMILES string of the molecule is CCC(=O)Nc1ccc(N2CCN(c3ccccc3F)CC2)c(C(=O)O)c1. The zero-order chi connectivity index (χ0) is 19.4. The van der Waals surface area contributed by atoms with Gasteiger partial charge in [0.1, 0.15) is 5.82 Å². The monoisotopic (exact) mass is 371 g/mol. The molecule has 6 nitrogen and oxygen atoms in total. The van der Waals surface area contributed by atoms with Crippen molar-refractivity contribution in [3.05, 3.63) is 53.8 Å². The van der Waals surface area contributed by atoms with E-state index in [2.05, 4.69) is 5.32 Å². The maximum Gasteiger partial charge on any atom is 0.337 e. The van der Waals surface area contributed by atoms with Gasteiger partial charge in [0.2, 0.25) is 5.91 Å². The molecule has 1 aliphatic rings. The van der Waals surface area contributed by atoms with Crippen LogP contribution >= 0.6 is 0 Å². The summed E-state index contributed by atoms with van der Waals surface area (Å²) in [6.45, 7) is 4.07. The fourth-order valence-electron chi connectivity index (χ4n) is 3.21. The molecule has 1 aliphatic heterocycles. The third-order valence-corrected chi connectivity index (χ3v) is 4.65. The van der Waals surface area contributed by atoms with E-state index in [9.17, 15) is 19.1 Å². The number of rotatable bonds is 5. The zero-order valence-corrected chi connectivity index (χ0v) is 15.1. The number of hydrogen-bond acceptors (Lipinski definition) is 4. The molecule has 2 aromatic carbocycles. The Morgan fingerprint density at radius 3 is 2.26 bits per heavy atom. The third-order valence-electron chi connectivity index (χ3n) is 4.65. The van der Waals surface area contributed by atoms with E-state index in [-0.39, 0.29) is 17.3 Å². The average Bonchev–Trinajstić information content (AvgIpc) is 2.68. The Balaban J connectivity index is 1.76. The second-order valence-corrected chi connectivity index (χ2v) is 6.36. The Bertz CT molecular complexity index is 848. The van der Waals surface area contributed by atoms with Crippen LogP contribution < -0.4 is 15.1 Å². The molecule has 0 saturated carbocycles. The van der Waals surface area contributed by atoms with E-state index in [0.717, 1.165) is 0 Å². The van der Waals surface area contributed by atoms with Gasteiger partial charge < -0.3 is 20.2 Å². The van der Waals surface area contributed by atoms with Crippen molar-refractivity contribution in [2.75, 3.05) is 41.3 Å². The maximum absolute atomic E-state index is 14.0. The molecule has 0 aliphatic carbocycles. The molecular weight excluding hydrogens is 349 g/mol. The predicted molar refractivity (Wildman–Crippen MR) is 103 cm³/mol. The van der Waals surface area contributed by atoms with Crippen molar-refractivity contribution < 1.29 is 19.1 Å². The lowest BCUT2D eigenvalue weighted by Crippen LogP contribution is -2.47. The molecule has 7 heteroatoms. The lowest BCUT2D eigenvalue weighted by Gasteiger charge is -2.38. The lowest BCUT2D eigenvalue weighted by atomic mass is 10.1. The van der Waals surface area contributed by atoms with E-state index >= 15 is 0 Å². The van der Waals surface area contributed by atoms with Crippen molar-refractivity contribution in [2.45, 2.75) is 13.3 Å². The quantitative estimate of drug-likeness (QED) is 0.844. The highest BCUT2D eigenvalue weighted by Crippen LogP contribution is 2.27. The summed E-state index contributed by atoms with van der Waals surface area (Å²) in [4.78, 5) is 27.2. The van der Waals surface area contributed by atoms with Gasteiger partial charge in [0.05, 0.1) is 16.9 Å². The van der Waals surface area contributed by atoms with Crippen LogP contribution in [0.1, 0.15) is 23.7 Å². The molecule has 27 heavy (non-hydrogen) atoms. The number of anilines is 3. The number of para-hydroxylation sites is 1. The van der Waals surface area contributed by atoms with Crippen molar-refractivity contribution in [1.82, 2.24) is 0 Å². The first-order chi connectivity index (χ1) is 13.0. The van der Waals surface area contributed by atoms with E-state index in [1.54, 1.807) is 37.3 Å². The average molecular weight is 371 g/mol. The third kappa shape index (κ3) is 4.19. The number of carbonyl (C=O) groups excluding carboxylic acids is 1. The topological polar surface area (TPSA) is 72.9 Å². The fourth-order valence-corrected chi connectivity index (χ4v) is 3.21. The van der Waals surface area contributed by atoms with Crippen LogP contribution in [0.25, 0.3) is 0 Å². The number of amides is 1. The molecule has 0 radical (unpaired) electrons. The summed E-state index contributed by atoms with van der Waals surface area (Å²) in [7, 11) is 0. The Morgan fingerprint density at radius 2 is 1.67 bits per heavy atom. The minimum absolute atomic E-state index is 0.142. The Labute approximate surface area is 157 Å². The molecule has 0 atom stereocenters. The summed E-state index contributed by atoms with van der Waals surface area (Å²) < 4.78 is 14.0. The number of hydrogen-bond donors (Lipinski definition) is 2. The number of nitrogens with one attached hydrogen (secondary N) is 1. The normalized spacial score (nSPS) is 14.1. The fraction of sp³-hybridized carbons (Fsp3) is 0.300. The number of piperazine rings is 1. The van der Waals surface area contributed by atoms with Gasteiger partial charge in [-0.2, -0.15) is 0 Å². The standard InChI is InChI=1S/C20H22FN3O3/c1-2-19(25)22-14-7-8-17(15(13-14)20(26)27)23-9-11-24(12-10-23)18-6-4-3-5-16(18)21/h3-8,13H,2,9-12H2,1H3,(H,22,25)(H,26,27). The van der Waals surface area contributed by atoms with E-state index < -0.39 is 5.97 Å². The molecule has 2 N–H and O–H groups in total. The molecule has 142 valence electrons. The van der Waals surface area contributed by atoms with Crippen molar-refractivity contribution in [2.24, 2.45) is 0 Å². The molecular formula is C20H22FN3O3. The van der Waals surface area contributed by atoms with Gasteiger partial charge in [-0.1, -0.05) is 19.1 Å². The summed E-state index contributed by atoms with van der Waals surface area (Å²) in [5.41, 5.74) is 1.77. The summed E-state index contributed by atoms with van der Waals surface area (Å²) in [5, 5.41) is 12.3. The van der Waals surface area contributed by atoms with E-state index in [4.69, 9.17) is 0 Å². The molecule has 0 spiro atoms. The van der Waals surface area contributed by atoms with E-state index in [0.29, 0.717) is 49.7 Å². The maximum atomic E-state index is 14.0. The van der Waals surface area contributed by atoms with Crippen molar-refractivity contribution in [1.29, 1.82) is 0 Å². The van der Waals surface area contributed by atoms with Crippen LogP contribution in [0, 0.1) is 5.82 Å². The first-order valence-electron chi connectivity index (χ1n) is 8.91. The van der Waals surface area contributed by atoms with E-state index in [1.807, 2.05) is 9.80 Å². The summed E-state index contributed by atoms with van der Waals surface area (Å²) in [6, 6.07) is 11.6. The van der Waals surface area contributed by atoms with Gasteiger partial charge in [0, 0.05) is 38.3 Å².